The Morgan fingerprint density at radius 2 is 2.12 bits per heavy atom. The van der Waals surface area contributed by atoms with Crippen LogP contribution in [0.3, 0.4) is 0 Å². The van der Waals surface area contributed by atoms with E-state index in [1.165, 1.54) is 0 Å². The van der Waals surface area contributed by atoms with Crippen molar-refractivity contribution in [1.29, 1.82) is 0 Å². The highest BCUT2D eigenvalue weighted by Crippen LogP contribution is 2.34. The number of aromatic nitrogens is 1. The normalized spacial score (nSPS) is 10.6. The Kier molecular flexibility index (Phi) is 3.71. The molecule has 1 heterocycles. The van der Waals surface area contributed by atoms with Gasteiger partial charge in [0.15, 0.2) is 0 Å². The maximum atomic E-state index is 12.5. The first-order valence-corrected chi connectivity index (χ1v) is 4.43. The largest absolute Gasteiger partial charge is 0.315 e. The highest BCUT2D eigenvalue weighted by Gasteiger charge is 2.28. The van der Waals surface area contributed by atoms with Crippen molar-refractivity contribution in [3.8, 4) is 0 Å². The van der Waals surface area contributed by atoms with Crippen LogP contribution >= 0.6 is 23.2 Å². The molecule has 0 aromatic carbocycles. The van der Waals surface area contributed by atoms with Gasteiger partial charge in [0, 0.05) is 0 Å². The fourth-order valence-corrected chi connectivity index (χ4v) is 1.34. The number of nitro groups is 1. The van der Waals surface area contributed by atoms with E-state index < -0.39 is 38.7 Å². The smallest absolute Gasteiger partial charge is 0.274 e. The van der Waals surface area contributed by atoms with E-state index in [-0.39, 0.29) is 0 Å². The summed E-state index contributed by atoms with van der Waals surface area (Å²) in [5.74, 6) is 0. The third-order valence-electron chi connectivity index (χ3n) is 1.60. The number of carbonyl (C=O) groups excluding carboxylic acids is 1. The van der Waals surface area contributed by atoms with Crippen LogP contribution in [0.25, 0.3) is 0 Å². The lowest BCUT2D eigenvalue weighted by molar-refractivity contribution is -0.386. The average molecular weight is 271 g/mol. The third kappa shape index (κ3) is 2.42. The standard InChI is InChI=1S/C7H2Cl2F2N2O3/c8-5-4(13(15)16)2(7(10)11)1-3(12-5)6(9)14/h1,7H. The molecule has 0 spiro atoms. The van der Waals surface area contributed by atoms with E-state index in [0.29, 0.717) is 6.07 Å². The quantitative estimate of drug-likeness (QED) is 0.366. The Balaban J connectivity index is 3.51. The second-order valence-electron chi connectivity index (χ2n) is 2.57. The predicted octanol–water partition coefficient (Wildman–Crippen LogP) is 2.96. The Labute approximate surface area is 97.1 Å². The summed E-state index contributed by atoms with van der Waals surface area (Å²) in [7, 11) is 0. The topological polar surface area (TPSA) is 73.1 Å². The highest BCUT2D eigenvalue weighted by molar-refractivity contribution is 6.67. The van der Waals surface area contributed by atoms with E-state index in [9.17, 15) is 23.7 Å². The first kappa shape index (κ1) is 12.7. The molecule has 0 saturated heterocycles. The van der Waals surface area contributed by atoms with E-state index in [0.717, 1.165) is 0 Å². The summed E-state index contributed by atoms with van der Waals surface area (Å²) in [5.41, 5.74) is -2.58. The Bertz CT molecular complexity index is 467. The van der Waals surface area contributed by atoms with Crippen LogP contribution in [-0.2, 0) is 0 Å². The molecule has 0 fully saturated rings. The maximum absolute atomic E-state index is 12.5. The number of nitrogens with zero attached hydrogens (tertiary/aromatic N) is 2. The van der Waals surface area contributed by atoms with Crippen LogP contribution < -0.4 is 0 Å². The van der Waals surface area contributed by atoms with Crippen LogP contribution in [0.1, 0.15) is 22.5 Å². The van der Waals surface area contributed by atoms with Crippen LogP contribution in [0.2, 0.25) is 5.15 Å². The zero-order valence-electron chi connectivity index (χ0n) is 7.29. The summed E-state index contributed by atoms with van der Waals surface area (Å²) in [4.78, 5) is 23.3. The van der Waals surface area contributed by atoms with Crippen LogP contribution in [0.15, 0.2) is 6.07 Å². The number of alkyl halides is 2. The molecule has 0 saturated carbocycles. The van der Waals surface area contributed by atoms with Crippen LogP contribution in [-0.4, -0.2) is 15.1 Å². The number of rotatable bonds is 3. The van der Waals surface area contributed by atoms with Crippen molar-refractivity contribution < 1.29 is 18.5 Å². The number of hydrogen-bond donors (Lipinski definition) is 0. The molecule has 0 aliphatic rings. The van der Waals surface area contributed by atoms with Crippen LogP contribution in [0.5, 0.6) is 0 Å². The maximum Gasteiger partial charge on any atom is 0.315 e. The number of carbonyl (C=O) groups is 1. The van der Waals surface area contributed by atoms with Gasteiger partial charge in [0.25, 0.3) is 11.7 Å². The molecule has 0 amide bonds. The van der Waals surface area contributed by atoms with Gasteiger partial charge in [-0.3, -0.25) is 14.9 Å². The Morgan fingerprint density at radius 1 is 1.56 bits per heavy atom. The van der Waals surface area contributed by atoms with Crippen LogP contribution in [0.4, 0.5) is 14.5 Å². The minimum Gasteiger partial charge on any atom is -0.274 e. The lowest BCUT2D eigenvalue weighted by Crippen LogP contribution is -2.03. The van der Waals surface area contributed by atoms with Gasteiger partial charge in [0.1, 0.15) is 11.3 Å². The zero-order chi connectivity index (χ0) is 12.5. The predicted molar refractivity (Wildman–Crippen MR) is 51.0 cm³/mol. The van der Waals surface area contributed by atoms with Crippen molar-refractivity contribution in [1.82, 2.24) is 4.98 Å². The second-order valence-corrected chi connectivity index (χ2v) is 3.27. The number of hydrogen-bond acceptors (Lipinski definition) is 4. The lowest BCUT2D eigenvalue weighted by atomic mass is 10.2. The molecule has 0 aliphatic heterocycles. The van der Waals surface area contributed by atoms with Gasteiger partial charge in [0.2, 0.25) is 5.15 Å². The molecule has 86 valence electrons. The summed E-state index contributed by atoms with van der Waals surface area (Å²) in [6.07, 6.45) is -3.16. The molecule has 1 aromatic rings. The van der Waals surface area contributed by atoms with Crippen molar-refractivity contribution in [3.63, 3.8) is 0 Å². The van der Waals surface area contributed by atoms with E-state index >= 15 is 0 Å². The molecule has 9 heteroatoms. The summed E-state index contributed by atoms with van der Waals surface area (Å²) in [5, 5.41) is 8.53. The van der Waals surface area contributed by atoms with E-state index in [1.54, 1.807) is 0 Å². The minimum atomic E-state index is -3.16. The fourth-order valence-electron chi connectivity index (χ4n) is 0.974. The third-order valence-corrected chi connectivity index (χ3v) is 2.06. The molecule has 5 nitrogen and oxygen atoms in total. The molecular formula is C7H2Cl2F2N2O3. The number of pyridine rings is 1. The molecule has 16 heavy (non-hydrogen) atoms. The first-order chi connectivity index (χ1) is 7.34. The SMILES string of the molecule is O=C(Cl)c1cc(C(F)F)c([N+](=O)[O-])c(Cl)n1. The van der Waals surface area contributed by atoms with Crippen LogP contribution in [0, 0.1) is 10.1 Å². The van der Waals surface area contributed by atoms with Gasteiger partial charge in [-0.25, -0.2) is 13.8 Å². The monoisotopic (exact) mass is 270 g/mol. The van der Waals surface area contributed by atoms with Gasteiger partial charge in [-0.05, 0) is 17.7 Å². The molecule has 0 atom stereocenters. The summed E-state index contributed by atoms with van der Waals surface area (Å²) in [6.45, 7) is 0. The molecule has 0 radical (unpaired) electrons. The molecule has 0 N–H and O–H groups in total. The zero-order valence-corrected chi connectivity index (χ0v) is 8.80. The first-order valence-electron chi connectivity index (χ1n) is 3.67. The van der Waals surface area contributed by atoms with Gasteiger partial charge >= 0.3 is 5.69 Å². The average Bonchev–Trinajstić information content (AvgIpc) is 2.15. The van der Waals surface area contributed by atoms with Gasteiger partial charge in [-0.15, -0.1) is 0 Å². The fraction of sp³-hybridized carbons (Fsp3) is 0.143. The van der Waals surface area contributed by atoms with Crippen molar-refractivity contribution in [2.45, 2.75) is 6.43 Å². The van der Waals surface area contributed by atoms with Gasteiger partial charge in [-0.1, -0.05) is 11.6 Å². The summed E-state index contributed by atoms with van der Waals surface area (Å²) < 4.78 is 24.9. The van der Waals surface area contributed by atoms with Crippen molar-refractivity contribution >= 4 is 34.1 Å². The minimum absolute atomic E-state index is 0.546. The molecular weight excluding hydrogens is 269 g/mol. The van der Waals surface area contributed by atoms with Crippen molar-refractivity contribution in [3.05, 3.63) is 32.6 Å². The van der Waals surface area contributed by atoms with Crippen molar-refractivity contribution in [2.24, 2.45) is 0 Å². The molecule has 0 aliphatic carbocycles. The Morgan fingerprint density at radius 3 is 2.50 bits per heavy atom. The van der Waals surface area contributed by atoms with E-state index in [2.05, 4.69) is 4.98 Å². The van der Waals surface area contributed by atoms with Gasteiger partial charge in [0.05, 0.1) is 4.92 Å². The second kappa shape index (κ2) is 4.67. The summed E-state index contributed by atoms with van der Waals surface area (Å²) >= 11 is 10.3. The molecule has 0 unspecified atom stereocenters. The lowest BCUT2D eigenvalue weighted by Gasteiger charge is -2.04. The van der Waals surface area contributed by atoms with Gasteiger partial charge < -0.3 is 0 Å². The Hall–Kier alpha value is -1.34. The summed E-state index contributed by atoms with van der Waals surface area (Å²) in [6, 6.07) is 0.546. The molecule has 1 aromatic heterocycles. The van der Waals surface area contributed by atoms with E-state index in [4.69, 9.17) is 23.2 Å². The van der Waals surface area contributed by atoms with Crippen molar-refractivity contribution in [2.75, 3.05) is 0 Å². The molecule has 0 bridgehead atoms. The van der Waals surface area contributed by atoms with Gasteiger partial charge in [-0.2, -0.15) is 0 Å². The number of halogens is 4. The van der Waals surface area contributed by atoms with E-state index in [1.807, 2.05) is 0 Å². The highest BCUT2D eigenvalue weighted by atomic mass is 35.5. The molecule has 1 rings (SSSR count).